The van der Waals surface area contributed by atoms with Crippen LogP contribution in [0.15, 0.2) is 55.1 Å². The summed E-state index contributed by atoms with van der Waals surface area (Å²) in [6, 6.07) is 14.2. The number of carbonyl (C=O) groups is 2. The lowest BCUT2D eigenvalue weighted by atomic mass is 9.67. The van der Waals surface area contributed by atoms with Gasteiger partial charge in [-0.2, -0.15) is 0 Å². The van der Waals surface area contributed by atoms with Crippen molar-refractivity contribution in [3.8, 4) is 5.75 Å². The molecule has 0 saturated heterocycles. The maximum Gasteiger partial charge on any atom is 0.329 e. The Bertz CT molecular complexity index is 1010. The summed E-state index contributed by atoms with van der Waals surface area (Å²) in [5, 5.41) is 2.17. The molecule has 7 unspecified atom stereocenters. The van der Waals surface area contributed by atoms with Crippen molar-refractivity contribution in [2.24, 2.45) is 41.4 Å². The highest BCUT2D eigenvalue weighted by molar-refractivity contribution is 5.90. The molecule has 4 aliphatic rings. The van der Waals surface area contributed by atoms with E-state index >= 15 is 0 Å². The molecule has 0 amide bonds. The molecule has 0 aliphatic heterocycles. The first kappa shape index (κ1) is 23.5. The molecule has 0 heterocycles. The van der Waals surface area contributed by atoms with Crippen molar-refractivity contribution in [1.29, 1.82) is 0 Å². The van der Waals surface area contributed by atoms with Crippen LogP contribution in [0.2, 0.25) is 0 Å². The number of hydrogen-bond donors (Lipinski definition) is 0. The van der Waals surface area contributed by atoms with Crippen LogP contribution in [0.25, 0.3) is 10.8 Å². The molecule has 0 radical (unpaired) electrons. The molecule has 4 aliphatic carbocycles. The second-order valence-electron chi connectivity index (χ2n) is 9.62. The summed E-state index contributed by atoms with van der Waals surface area (Å²) >= 11 is 0. The van der Waals surface area contributed by atoms with Crippen molar-refractivity contribution >= 4 is 22.7 Å². The standard InChI is InChI=1S/C23H24O2.C4H6O2.C2H6/c24-23(25-20-7-3-5-13-4-1-2-6-17(13)20)19-12-16-11-18(19)22-15-9-8-14(10-15)21(16)22;1-3-4(5)6-2;1-2/h1-7,14-16,18-19,21-22H,8-12H2;3H,1H2,2H3;1-2H3. The highest BCUT2D eigenvalue weighted by Gasteiger charge is 2.63. The fraction of sp³-hybridized carbons (Fsp3) is 0.517. The number of esters is 2. The predicted octanol–water partition coefficient (Wildman–Crippen LogP) is 6.44. The monoisotopic (exact) mass is 448 g/mol. The minimum absolute atomic E-state index is 0.0325. The van der Waals surface area contributed by atoms with Crippen LogP contribution >= 0.6 is 0 Å². The van der Waals surface area contributed by atoms with E-state index in [0.29, 0.717) is 5.92 Å². The van der Waals surface area contributed by atoms with Gasteiger partial charge >= 0.3 is 11.9 Å². The summed E-state index contributed by atoms with van der Waals surface area (Å²) in [5.74, 6) is 5.61. The summed E-state index contributed by atoms with van der Waals surface area (Å²) in [7, 11) is 1.31. The van der Waals surface area contributed by atoms with Gasteiger partial charge < -0.3 is 9.47 Å². The molecule has 0 N–H and O–H groups in total. The summed E-state index contributed by atoms with van der Waals surface area (Å²) in [6.45, 7) is 7.16. The normalized spacial score (nSPS) is 32.2. The van der Waals surface area contributed by atoms with Crippen LogP contribution in [0.4, 0.5) is 0 Å². The number of rotatable bonds is 3. The average molecular weight is 449 g/mol. The van der Waals surface area contributed by atoms with Crippen LogP contribution in [0.1, 0.15) is 46.0 Å². The smallest absolute Gasteiger partial charge is 0.329 e. The Labute approximate surface area is 197 Å². The Morgan fingerprint density at radius 1 is 0.909 bits per heavy atom. The van der Waals surface area contributed by atoms with Crippen molar-refractivity contribution in [3.63, 3.8) is 0 Å². The third-order valence-corrected chi connectivity index (χ3v) is 8.36. The lowest BCUT2D eigenvalue weighted by Gasteiger charge is -2.37. The molecule has 4 saturated carbocycles. The van der Waals surface area contributed by atoms with E-state index in [9.17, 15) is 9.59 Å². The minimum Gasteiger partial charge on any atom is -0.466 e. The van der Waals surface area contributed by atoms with Crippen LogP contribution in [-0.2, 0) is 14.3 Å². The first-order valence-corrected chi connectivity index (χ1v) is 12.5. The summed E-state index contributed by atoms with van der Waals surface area (Å²) in [6.07, 6.45) is 7.81. The van der Waals surface area contributed by atoms with Crippen molar-refractivity contribution in [2.45, 2.75) is 46.0 Å². The Morgan fingerprint density at radius 2 is 1.61 bits per heavy atom. The van der Waals surface area contributed by atoms with Crippen LogP contribution in [0, 0.1) is 41.4 Å². The maximum absolute atomic E-state index is 13.0. The molecule has 33 heavy (non-hydrogen) atoms. The zero-order chi connectivity index (χ0) is 23.5. The van der Waals surface area contributed by atoms with Crippen LogP contribution in [-0.4, -0.2) is 19.0 Å². The minimum atomic E-state index is -0.394. The second-order valence-corrected chi connectivity index (χ2v) is 9.62. The van der Waals surface area contributed by atoms with E-state index < -0.39 is 5.97 Å². The zero-order valence-electron chi connectivity index (χ0n) is 20.0. The van der Waals surface area contributed by atoms with Gasteiger partial charge in [-0.3, -0.25) is 4.79 Å². The molecule has 2 aromatic carbocycles. The van der Waals surface area contributed by atoms with Crippen molar-refractivity contribution in [3.05, 3.63) is 55.1 Å². The Kier molecular flexibility index (Phi) is 7.21. The van der Waals surface area contributed by atoms with Crippen LogP contribution in [0.5, 0.6) is 5.75 Å². The van der Waals surface area contributed by atoms with Gasteiger partial charge in [0.25, 0.3) is 0 Å². The molecule has 4 fully saturated rings. The van der Waals surface area contributed by atoms with Crippen LogP contribution < -0.4 is 4.74 Å². The summed E-state index contributed by atoms with van der Waals surface area (Å²) in [5.41, 5.74) is 0. The zero-order valence-corrected chi connectivity index (χ0v) is 20.0. The van der Waals surface area contributed by atoms with Gasteiger partial charge in [0.1, 0.15) is 5.75 Å². The first-order valence-electron chi connectivity index (χ1n) is 12.5. The van der Waals surface area contributed by atoms with Crippen molar-refractivity contribution in [2.75, 3.05) is 7.11 Å². The number of carbonyl (C=O) groups excluding carboxylic acids is 2. The number of fused-ring (bicyclic) bond motifs is 10. The van der Waals surface area contributed by atoms with E-state index in [-0.39, 0.29) is 11.9 Å². The lowest BCUT2D eigenvalue weighted by Crippen LogP contribution is -2.37. The lowest BCUT2D eigenvalue weighted by molar-refractivity contribution is -0.142. The fourth-order valence-corrected chi connectivity index (χ4v) is 7.39. The number of methoxy groups -OCH3 is 1. The molecular formula is C29H36O4. The third-order valence-electron chi connectivity index (χ3n) is 8.36. The van der Waals surface area contributed by atoms with Gasteiger partial charge in [-0.05, 0) is 79.1 Å². The molecular weight excluding hydrogens is 412 g/mol. The summed E-state index contributed by atoms with van der Waals surface area (Å²) < 4.78 is 10.1. The average Bonchev–Trinajstić information content (AvgIpc) is 3.66. The molecule has 176 valence electrons. The largest absolute Gasteiger partial charge is 0.466 e. The molecule has 4 heteroatoms. The Balaban J connectivity index is 0.000000286. The highest BCUT2D eigenvalue weighted by atomic mass is 16.5. The third kappa shape index (κ3) is 4.32. The highest BCUT2D eigenvalue weighted by Crippen LogP contribution is 2.68. The number of hydrogen-bond acceptors (Lipinski definition) is 4. The predicted molar refractivity (Wildman–Crippen MR) is 131 cm³/mol. The molecule has 0 spiro atoms. The van der Waals surface area contributed by atoms with Gasteiger partial charge in [0.2, 0.25) is 0 Å². The van der Waals surface area contributed by atoms with Crippen LogP contribution in [0.3, 0.4) is 0 Å². The van der Waals surface area contributed by atoms with E-state index in [0.717, 1.165) is 58.6 Å². The molecule has 0 aromatic heterocycles. The van der Waals surface area contributed by atoms with E-state index in [2.05, 4.69) is 23.4 Å². The maximum atomic E-state index is 13.0. The van der Waals surface area contributed by atoms with E-state index in [1.165, 1.54) is 32.8 Å². The fourth-order valence-electron chi connectivity index (χ4n) is 7.39. The van der Waals surface area contributed by atoms with Crippen molar-refractivity contribution < 1.29 is 19.1 Å². The molecule has 2 aromatic rings. The SMILES string of the molecule is C=CC(=O)OC.CC.O=C(Oc1cccc2ccccc12)C1CC2CC1C1C3CCC(C3)C21. The second kappa shape index (κ2) is 10.1. The topological polar surface area (TPSA) is 52.6 Å². The first-order chi connectivity index (χ1) is 16.1. The summed E-state index contributed by atoms with van der Waals surface area (Å²) in [4.78, 5) is 22.9. The van der Waals surface area contributed by atoms with Gasteiger partial charge in [0, 0.05) is 11.5 Å². The molecule has 4 bridgehead atoms. The molecule has 7 atom stereocenters. The molecule has 4 nitrogen and oxygen atoms in total. The Hall–Kier alpha value is -2.62. The van der Waals surface area contributed by atoms with Gasteiger partial charge in [-0.25, -0.2) is 4.79 Å². The van der Waals surface area contributed by atoms with E-state index in [1.807, 2.05) is 44.2 Å². The van der Waals surface area contributed by atoms with Gasteiger partial charge in [-0.1, -0.05) is 56.8 Å². The number of benzene rings is 2. The van der Waals surface area contributed by atoms with Gasteiger partial charge in [0.05, 0.1) is 13.0 Å². The van der Waals surface area contributed by atoms with Gasteiger partial charge in [-0.15, -0.1) is 0 Å². The number of ether oxygens (including phenoxy) is 2. The van der Waals surface area contributed by atoms with Crippen molar-refractivity contribution in [1.82, 2.24) is 0 Å². The van der Waals surface area contributed by atoms with Gasteiger partial charge in [0.15, 0.2) is 0 Å². The quantitative estimate of drug-likeness (QED) is 0.235. The van der Waals surface area contributed by atoms with E-state index in [4.69, 9.17) is 4.74 Å². The van der Waals surface area contributed by atoms with E-state index in [1.54, 1.807) is 0 Å². The molecule has 6 rings (SSSR count). The Morgan fingerprint density at radius 3 is 2.30 bits per heavy atom.